The van der Waals surface area contributed by atoms with E-state index in [9.17, 15) is 13.5 Å². The molecule has 190 valence electrons. The van der Waals surface area contributed by atoms with Crippen molar-refractivity contribution in [2.24, 2.45) is 4.99 Å². The van der Waals surface area contributed by atoms with Crippen molar-refractivity contribution in [2.45, 2.75) is 135 Å². The third kappa shape index (κ3) is 32.1. The van der Waals surface area contributed by atoms with Crippen molar-refractivity contribution in [3.8, 4) is 0 Å². The molecule has 0 unspecified atom stereocenters. The Morgan fingerprint density at radius 3 is 1.67 bits per heavy atom. The van der Waals surface area contributed by atoms with Gasteiger partial charge in [-0.25, -0.2) is 0 Å². The summed E-state index contributed by atoms with van der Waals surface area (Å²) in [6, 6.07) is 0. The van der Waals surface area contributed by atoms with Crippen LogP contribution in [0.5, 0.6) is 0 Å². The van der Waals surface area contributed by atoms with Crippen LogP contribution in [-0.2, 0) is 10.1 Å². The molecule has 0 rings (SSSR count). The van der Waals surface area contributed by atoms with Crippen molar-refractivity contribution in [1.82, 2.24) is 0 Å². The van der Waals surface area contributed by atoms with Gasteiger partial charge in [-0.15, -0.1) is 0 Å². The fourth-order valence-electron chi connectivity index (χ4n) is 3.73. The van der Waals surface area contributed by atoms with Crippen molar-refractivity contribution in [2.75, 3.05) is 12.3 Å². The van der Waals surface area contributed by atoms with Gasteiger partial charge in [0.2, 0.25) is 0 Å². The molecule has 0 bridgehead atoms. The SMILES string of the molecule is CCCCCCCC/C=C/CCCCCCCCCCCC([O-])=NCCCCS(=O)(=O)O.[Na+]. The van der Waals surface area contributed by atoms with Crippen LogP contribution in [0.15, 0.2) is 17.1 Å². The predicted octanol–water partition coefficient (Wildman–Crippen LogP) is 4.02. The molecule has 0 aromatic carbocycles. The van der Waals surface area contributed by atoms with E-state index < -0.39 is 10.1 Å². The second kappa shape index (κ2) is 26.7. The molecule has 7 heteroatoms. The molecule has 33 heavy (non-hydrogen) atoms. The molecule has 5 nitrogen and oxygen atoms in total. The van der Waals surface area contributed by atoms with E-state index in [2.05, 4.69) is 24.1 Å². The Morgan fingerprint density at radius 2 is 1.18 bits per heavy atom. The van der Waals surface area contributed by atoms with Gasteiger partial charge in [-0.05, 0) is 57.3 Å². The van der Waals surface area contributed by atoms with Gasteiger partial charge in [-0.3, -0.25) is 4.55 Å². The first kappa shape index (κ1) is 35.3. The summed E-state index contributed by atoms with van der Waals surface area (Å²) in [7, 11) is -3.89. The predicted molar refractivity (Wildman–Crippen MR) is 136 cm³/mol. The van der Waals surface area contributed by atoms with E-state index in [4.69, 9.17) is 4.55 Å². The molecule has 0 aliphatic carbocycles. The normalized spacial score (nSPS) is 12.4. The number of allylic oxidation sites excluding steroid dienone is 2. The topological polar surface area (TPSA) is 89.8 Å². The summed E-state index contributed by atoms with van der Waals surface area (Å²) in [6.45, 7) is 2.62. The number of unbranched alkanes of at least 4 members (excludes halogenated alkanes) is 16. The summed E-state index contributed by atoms with van der Waals surface area (Å²) in [4.78, 5) is 3.94. The maximum atomic E-state index is 11.6. The second-order valence-corrected chi connectivity index (χ2v) is 10.6. The Labute approximate surface area is 227 Å². The second-order valence-electron chi connectivity index (χ2n) is 9.02. The molecule has 0 spiro atoms. The largest absolute Gasteiger partial charge is 1.00 e. The van der Waals surface area contributed by atoms with Crippen LogP contribution in [0, 0.1) is 0 Å². The first-order chi connectivity index (χ1) is 15.5. The number of rotatable bonds is 24. The smallest absolute Gasteiger partial charge is 0.862 e. The molecule has 0 radical (unpaired) electrons. The molecule has 0 aromatic heterocycles. The third-order valence-corrected chi connectivity index (χ3v) is 6.56. The van der Waals surface area contributed by atoms with Gasteiger partial charge in [-0.1, -0.05) is 96.1 Å². The summed E-state index contributed by atoms with van der Waals surface area (Å²) in [6.07, 6.45) is 27.8. The van der Waals surface area contributed by atoms with Crippen molar-refractivity contribution >= 4 is 16.0 Å². The minimum absolute atomic E-state index is 0. The number of aliphatic imine (C=N–C) groups is 1. The average molecular weight is 496 g/mol. The van der Waals surface area contributed by atoms with Crippen LogP contribution in [0.3, 0.4) is 0 Å². The van der Waals surface area contributed by atoms with Crippen LogP contribution >= 0.6 is 0 Å². The Kier molecular flexibility index (Phi) is 28.6. The van der Waals surface area contributed by atoms with Crippen molar-refractivity contribution in [3.63, 3.8) is 0 Å². The Morgan fingerprint density at radius 1 is 0.727 bits per heavy atom. The molecule has 0 fully saturated rings. The molecule has 1 N–H and O–H groups in total. The van der Waals surface area contributed by atoms with Crippen LogP contribution in [0.4, 0.5) is 0 Å². The molecular formula is C26H50NNaO4S. The molecule has 0 aliphatic heterocycles. The van der Waals surface area contributed by atoms with Gasteiger partial charge in [-0.2, -0.15) is 8.42 Å². The molecular weight excluding hydrogens is 445 g/mol. The van der Waals surface area contributed by atoms with E-state index in [1.807, 2.05) is 0 Å². The molecule has 0 saturated heterocycles. The average Bonchev–Trinajstić information content (AvgIpc) is 2.74. The van der Waals surface area contributed by atoms with Crippen LogP contribution in [0.2, 0.25) is 0 Å². The summed E-state index contributed by atoms with van der Waals surface area (Å²) in [5.74, 6) is -0.342. The van der Waals surface area contributed by atoms with Crippen molar-refractivity contribution < 1.29 is 47.6 Å². The van der Waals surface area contributed by atoms with Crippen LogP contribution in [0.1, 0.15) is 135 Å². The standard InChI is InChI=1S/C26H51NO4S.Na/c1-2-3-4-5-6-7-8-9-10-11-12-13-14-15-16-17-18-19-20-23-26(28)27-24-21-22-25-32(29,30)31;/h9-10H,2-8,11-25H2,1H3,(H,27,28)(H,29,30,31);/q;+1/p-1/b10-9+;. The monoisotopic (exact) mass is 495 g/mol. The third-order valence-electron chi connectivity index (χ3n) is 5.75. The van der Waals surface area contributed by atoms with Gasteiger partial charge < -0.3 is 10.1 Å². The van der Waals surface area contributed by atoms with Crippen LogP contribution in [-0.4, -0.2) is 31.2 Å². The van der Waals surface area contributed by atoms with Crippen LogP contribution in [0.25, 0.3) is 0 Å². The molecule has 0 atom stereocenters. The van der Waals surface area contributed by atoms with E-state index in [0.29, 0.717) is 25.8 Å². The Hall–Kier alpha value is 0.120. The zero-order valence-electron chi connectivity index (χ0n) is 21.7. The van der Waals surface area contributed by atoms with Crippen molar-refractivity contribution in [1.29, 1.82) is 0 Å². The fraction of sp³-hybridized carbons (Fsp3) is 0.885. The molecule has 0 aliphatic rings. The van der Waals surface area contributed by atoms with Gasteiger partial charge >= 0.3 is 29.6 Å². The Bertz CT molecular complexity index is 565. The molecule has 0 saturated carbocycles. The first-order valence-electron chi connectivity index (χ1n) is 13.3. The molecule has 0 aromatic rings. The maximum absolute atomic E-state index is 11.6. The summed E-state index contributed by atoms with van der Waals surface area (Å²) >= 11 is 0. The summed E-state index contributed by atoms with van der Waals surface area (Å²) in [5, 5.41) is 11.6. The van der Waals surface area contributed by atoms with Gasteiger partial charge in [0.1, 0.15) is 0 Å². The van der Waals surface area contributed by atoms with Crippen LogP contribution < -0.4 is 34.7 Å². The summed E-state index contributed by atoms with van der Waals surface area (Å²) in [5.41, 5.74) is 0. The fourth-order valence-corrected chi connectivity index (χ4v) is 4.30. The van der Waals surface area contributed by atoms with E-state index in [-0.39, 0.29) is 41.2 Å². The quantitative estimate of drug-likeness (QED) is 0.0547. The van der Waals surface area contributed by atoms with Crippen molar-refractivity contribution in [3.05, 3.63) is 12.2 Å². The van der Waals surface area contributed by atoms with Gasteiger partial charge in [0.15, 0.2) is 0 Å². The molecule has 0 amide bonds. The number of nitrogens with zero attached hydrogens (tertiary/aromatic N) is 1. The zero-order chi connectivity index (χ0) is 23.8. The van der Waals surface area contributed by atoms with E-state index in [0.717, 1.165) is 12.8 Å². The number of hydrogen-bond donors (Lipinski definition) is 1. The van der Waals surface area contributed by atoms with E-state index >= 15 is 0 Å². The summed E-state index contributed by atoms with van der Waals surface area (Å²) < 4.78 is 29.8. The minimum atomic E-state index is -3.89. The van der Waals surface area contributed by atoms with Gasteiger partial charge in [0, 0.05) is 6.54 Å². The minimum Gasteiger partial charge on any atom is -0.862 e. The zero-order valence-corrected chi connectivity index (χ0v) is 24.6. The van der Waals surface area contributed by atoms with E-state index in [1.54, 1.807) is 0 Å². The van der Waals surface area contributed by atoms with Gasteiger partial charge in [0.25, 0.3) is 10.1 Å². The van der Waals surface area contributed by atoms with Gasteiger partial charge in [0.05, 0.1) is 5.75 Å². The van der Waals surface area contributed by atoms with E-state index in [1.165, 1.54) is 96.3 Å². The molecule has 0 heterocycles. The maximum Gasteiger partial charge on any atom is 1.00 e. The number of hydrogen-bond acceptors (Lipinski definition) is 4. The first-order valence-corrected chi connectivity index (χ1v) is 14.9. The Balaban J connectivity index is 0.